The van der Waals surface area contributed by atoms with Gasteiger partial charge in [-0.2, -0.15) is 0 Å². The SMILES string of the molecule is CCCCc1cc(CCC(=O)OCC(CCC)CCCC)cc(CCCC)c1O. The topological polar surface area (TPSA) is 46.5 Å². The number of carbonyl (C=O) groups is 1. The van der Waals surface area contributed by atoms with E-state index in [9.17, 15) is 9.90 Å². The summed E-state index contributed by atoms with van der Waals surface area (Å²) in [4.78, 5) is 12.3. The Kier molecular flexibility index (Phi) is 13.5. The molecule has 1 unspecified atom stereocenters. The highest BCUT2D eigenvalue weighted by Gasteiger charge is 2.13. The first-order chi connectivity index (χ1) is 14.0. The Morgan fingerprint density at radius 1 is 0.862 bits per heavy atom. The fraction of sp³-hybridized carbons (Fsp3) is 0.731. The van der Waals surface area contributed by atoms with Crippen LogP contribution < -0.4 is 0 Å². The Labute approximate surface area is 179 Å². The Bertz CT molecular complexity index is 550. The third kappa shape index (κ3) is 10.2. The van der Waals surface area contributed by atoms with Gasteiger partial charge in [-0.3, -0.25) is 4.79 Å². The van der Waals surface area contributed by atoms with Crippen LogP contribution in [-0.4, -0.2) is 17.7 Å². The second-order valence-electron chi connectivity index (χ2n) is 8.45. The standard InChI is InChI=1S/C26H44O3/c1-5-9-13-21(12-8-4)20-29-25(27)17-16-22-18-23(14-10-6-2)26(28)24(19-22)15-11-7-3/h18-19,21,28H,5-17,20H2,1-4H3. The Morgan fingerprint density at radius 2 is 1.45 bits per heavy atom. The number of hydrogen-bond donors (Lipinski definition) is 1. The number of unbranched alkanes of at least 4 members (excludes halogenated alkanes) is 3. The molecule has 1 aromatic rings. The number of rotatable bonds is 16. The molecule has 0 aliphatic rings. The average molecular weight is 405 g/mol. The van der Waals surface area contributed by atoms with Gasteiger partial charge in [0.2, 0.25) is 0 Å². The molecule has 3 nitrogen and oxygen atoms in total. The zero-order valence-electron chi connectivity index (χ0n) is 19.4. The van der Waals surface area contributed by atoms with Crippen LogP contribution in [0.25, 0.3) is 0 Å². The maximum absolute atomic E-state index is 12.3. The van der Waals surface area contributed by atoms with Crippen LogP contribution in [0.5, 0.6) is 5.75 Å². The van der Waals surface area contributed by atoms with Crippen LogP contribution in [0.3, 0.4) is 0 Å². The fourth-order valence-electron chi connectivity index (χ4n) is 3.83. The van der Waals surface area contributed by atoms with Crippen LogP contribution in [0.15, 0.2) is 12.1 Å². The maximum Gasteiger partial charge on any atom is 0.306 e. The quantitative estimate of drug-likeness (QED) is 0.297. The molecule has 1 rings (SSSR count). The van der Waals surface area contributed by atoms with Gasteiger partial charge in [-0.15, -0.1) is 0 Å². The predicted octanol–water partition coefficient (Wildman–Crippen LogP) is 7.16. The highest BCUT2D eigenvalue weighted by molar-refractivity contribution is 5.69. The molecule has 3 heteroatoms. The smallest absolute Gasteiger partial charge is 0.306 e. The van der Waals surface area contributed by atoms with Gasteiger partial charge in [-0.1, -0.05) is 71.9 Å². The number of esters is 1. The van der Waals surface area contributed by atoms with E-state index in [0.29, 0.717) is 31.1 Å². The summed E-state index contributed by atoms with van der Waals surface area (Å²) in [5, 5.41) is 10.6. The van der Waals surface area contributed by atoms with E-state index in [0.717, 1.165) is 74.5 Å². The molecule has 1 atom stereocenters. The van der Waals surface area contributed by atoms with E-state index in [4.69, 9.17) is 4.74 Å². The van der Waals surface area contributed by atoms with Crippen LogP contribution in [0.2, 0.25) is 0 Å². The lowest BCUT2D eigenvalue weighted by molar-refractivity contribution is -0.145. The van der Waals surface area contributed by atoms with Crippen molar-refractivity contribution in [3.05, 3.63) is 28.8 Å². The van der Waals surface area contributed by atoms with Gasteiger partial charge >= 0.3 is 5.97 Å². The molecule has 0 bridgehead atoms. The lowest BCUT2D eigenvalue weighted by Gasteiger charge is -2.16. The number of ether oxygens (including phenoxy) is 1. The number of aromatic hydroxyl groups is 1. The molecule has 1 N–H and O–H groups in total. The molecule has 0 saturated carbocycles. The van der Waals surface area contributed by atoms with Crippen molar-refractivity contribution in [3.63, 3.8) is 0 Å². The number of aryl methyl sites for hydroxylation is 3. The second-order valence-corrected chi connectivity index (χ2v) is 8.45. The fourth-order valence-corrected chi connectivity index (χ4v) is 3.83. The zero-order valence-corrected chi connectivity index (χ0v) is 19.4. The number of phenols is 1. The molecule has 0 saturated heterocycles. The van der Waals surface area contributed by atoms with Crippen LogP contribution in [0.4, 0.5) is 0 Å². The third-order valence-corrected chi connectivity index (χ3v) is 5.69. The molecule has 166 valence electrons. The monoisotopic (exact) mass is 404 g/mol. The summed E-state index contributed by atoms with van der Waals surface area (Å²) in [6, 6.07) is 4.18. The third-order valence-electron chi connectivity index (χ3n) is 5.69. The van der Waals surface area contributed by atoms with Crippen molar-refractivity contribution in [1.82, 2.24) is 0 Å². The highest BCUT2D eigenvalue weighted by atomic mass is 16.5. The molecule has 0 amide bonds. The summed E-state index contributed by atoms with van der Waals surface area (Å²) in [6.45, 7) is 9.29. The minimum absolute atomic E-state index is 0.0964. The van der Waals surface area contributed by atoms with E-state index < -0.39 is 0 Å². The summed E-state index contributed by atoms with van der Waals surface area (Å²) in [5.41, 5.74) is 3.21. The van der Waals surface area contributed by atoms with Crippen molar-refractivity contribution < 1.29 is 14.6 Å². The molecule has 1 aromatic carbocycles. The van der Waals surface area contributed by atoms with Crippen molar-refractivity contribution in [2.45, 2.75) is 111 Å². The van der Waals surface area contributed by atoms with Crippen molar-refractivity contribution in [2.75, 3.05) is 6.61 Å². The van der Waals surface area contributed by atoms with Crippen molar-refractivity contribution in [3.8, 4) is 5.75 Å². The summed E-state index contributed by atoms with van der Waals surface area (Å²) >= 11 is 0. The predicted molar refractivity (Wildman–Crippen MR) is 123 cm³/mol. The number of benzene rings is 1. The Morgan fingerprint density at radius 3 is 1.97 bits per heavy atom. The van der Waals surface area contributed by atoms with Crippen molar-refractivity contribution in [2.24, 2.45) is 5.92 Å². The lowest BCUT2D eigenvalue weighted by atomic mass is 9.95. The molecule has 0 spiro atoms. The molecule has 0 aromatic heterocycles. The van der Waals surface area contributed by atoms with E-state index in [1.807, 2.05) is 0 Å². The van der Waals surface area contributed by atoms with Crippen LogP contribution >= 0.6 is 0 Å². The van der Waals surface area contributed by atoms with E-state index in [-0.39, 0.29) is 5.97 Å². The van der Waals surface area contributed by atoms with E-state index in [1.54, 1.807) is 0 Å². The lowest BCUT2D eigenvalue weighted by Crippen LogP contribution is -2.15. The van der Waals surface area contributed by atoms with E-state index in [2.05, 4.69) is 39.8 Å². The zero-order chi connectivity index (χ0) is 21.5. The van der Waals surface area contributed by atoms with Crippen molar-refractivity contribution >= 4 is 5.97 Å². The highest BCUT2D eigenvalue weighted by Crippen LogP contribution is 2.28. The van der Waals surface area contributed by atoms with Gasteiger partial charge in [0.05, 0.1) is 6.61 Å². The molecule has 0 fully saturated rings. The second kappa shape index (κ2) is 15.3. The molecule has 0 aliphatic heterocycles. The van der Waals surface area contributed by atoms with Crippen LogP contribution in [0.1, 0.15) is 109 Å². The van der Waals surface area contributed by atoms with Gasteiger partial charge in [-0.25, -0.2) is 0 Å². The van der Waals surface area contributed by atoms with Gasteiger partial charge < -0.3 is 9.84 Å². The van der Waals surface area contributed by atoms with Gasteiger partial charge in [-0.05, 0) is 67.6 Å². The van der Waals surface area contributed by atoms with Gasteiger partial charge in [0.25, 0.3) is 0 Å². The normalized spacial score (nSPS) is 12.1. The summed E-state index contributed by atoms with van der Waals surface area (Å²) in [5.74, 6) is 0.872. The average Bonchev–Trinajstić information content (AvgIpc) is 2.72. The Balaban J connectivity index is 2.67. The Hall–Kier alpha value is -1.51. The van der Waals surface area contributed by atoms with Gasteiger partial charge in [0, 0.05) is 6.42 Å². The van der Waals surface area contributed by atoms with Crippen LogP contribution in [0, 0.1) is 5.92 Å². The molecule has 0 radical (unpaired) electrons. The summed E-state index contributed by atoms with van der Waals surface area (Å²) < 4.78 is 5.60. The minimum Gasteiger partial charge on any atom is -0.507 e. The summed E-state index contributed by atoms with van der Waals surface area (Å²) in [7, 11) is 0. The number of hydrogen-bond acceptors (Lipinski definition) is 3. The van der Waals surface area contributed by atoms with Crippen LogP contribution in [-0.2, 0) is 28.8 Å². The van der Waals surface area contributed by atoms with E-state index >= 15 is 0 Å². The first kappa shape index (κ1) is 25.5. The molecule has 0 aliphatic carbocycles. The van der Waals surface area contributed by atoms with Crippen molar-refractivity contribution in [1.29, 1.82) is 0 Å². The molecule has 29 heavy (non-hydrogen) atoms. The van der Waals surface area contributed by atoms with E-state index in [1.165, 1.54) is 12.8 Å². The first-order valence-electron chi connectivity index (χ1n) is 12.0. The van der Waals surface area contributed by atoms with Gasteiger partial charge in [0.15, 0.2) is 0 Å². The minimum atomic E-state index is -0.0964. The maximum atomic E-state index is 12.3. The molecular weight excluding hydrogens is 360 g/mol. The largest absolute Gasteiger partial charge is 0.507 e. The number of phenolic OH excluding ortho intramolecular Hbond substituents is 1. The summed E-state index contributed by atoms with van der Waals surface area (Å²) in [6.07, 6.45) is 13.1. The first-order valence-corrected chi connectivity index (χ1v) is 12.0. The molecular formula is C26H44O3. The van der Waals surface area contributed by atoms with Gasteiger partial charge in [0.1, 0.15) is 5.75 Å². The number of carbonyl (C=O) groups excluding carboxylic acids is 1. The molecule has 0 heterocycles.